The van der Waals surface area contributed by atoms with Crippen LogP contribution in [0, 0.1) is 0 Å². The molecule has 0 aromatic heterocycles. The smallest absolute Gasteiger partial charge is 0.265 e. The maximum Gasteiger partial charge on any atom is 0.265 e. The summed E-state index contributed by atoms with van der Waals surface area (Å²) in [6.45, 7) is 2.09. The van der Waals surface area contributed by atoms with Gasteiger partial charge >= 0.3 is 0 Å². The predicted molar refractivity (Wildman–Crippen MR) is 67.8 cm³/mol. The van der Waals surface area contributed by atoms with Crippen LogP contribution in [0.1, 0.15) is 23.7 Å². The van der Waals surface area contributed by atoms with Crippen LogP contribution in [0.15, 0.2) is 30.3 Å². The molecule has 19 heavy (non-hydrogen) atoms. The number of hydrogen-bond donors (Lipinski definition) is 2. The SMILES string of the molecule is CCN1C(=O)C[C@H](NNC(=O)c2ccccc2)C1=O. The Hall–Kier alpha value is -2.21. The highest BCUT2D eigenvalue weighted by Gasteiger charge is 2.37. The Morgan fingerprint density at radius 1 is 1.32 bits per heavy atom. The van der Waals surface area contributed by atoms with Gasteiger partial charge in [-0.15, -0.1) is 0 Å². The summed E-state index contributed by atoms with van der Waals surface area (Å²) in [5, 5.41) is 0. The molecule has 1 heterocycles. The molecule has 1 aromatic rings. The van der Waals surface area contributed by atoms with Crippen molar-refractivity contribution in [3.8, 4) is 0 Å². The number of likely N-dealkylation sites (N-methyl/N-ethyl adjacent to an activating group) is 1. The lowest BCUT2D eigenvalue weighted by molar-refractivity contribution is -0.138. The molecule has 1 aliphatic rings. The van der Waals surface area contributed by atoms with E-state index >= 15 is 0 Å². The molecule has 100 valence electrons. The van der Waals surface area contributed by atoms with Gasteiger partial charge in [-0.25, -0.2) is 5.43 Å². The summed E-state index contributed by atoms with van der Waals surface area (Å²) < 4.78 is 0. The standard InChI is InChI=1S/C13H15N3O3/c1-2-16-11(17)8-10(13(16)19)14-15-12(18)9-6-4-3-5-7-9/h3-7,10,14H,2,8H2,1H3,(H,15,18)/t10-/m0/s1. The minimum Gasteiger partial charge on any atom is -0.287 e. The molecule has 1 aromatic carbocycles. The van der Waals surface area contributed by atoms with Crippen molar-refractivity contribution in [1.82, 2.24) is 15.8 Å². The van der Waals surface area contributed by atoms with Gasteiger partial charge in [-0.05, 0) is 19.1 Å². The van der Waals surface area contributed by atoms with Gasteiger partial charge in [-0.2, -0.15) is 0 Å². The van der Waals surface area contributed by atoms with Gasteiger partial charge in [0.15, 0.2) is 0 Å². The third-order valence-electron chi connectivity index (χ3n) is 2.96. The average Bonchev–Trinajstić information content (AvgIpc) is 2.71. The summed E-state index contributed by atoms with van der Waals surface area (Å²) in [6, 6.07) is 7.95. The molecule has 0 unspecified atom stereocenters. The monoisotopic (exact) mass is 261 g/mol. The summed E-state index contributed by atoms with van der Waals surface area (Å²) in [4.78, 5) is 36.2. The minimum atomic E-state index is -0.680. The van der Waals surface area contributed by atoms with Crippen LogP contribution < -0.4 is 10.9 Å². The molecule has 0 saturated carbocycles. The summed E-state index contributed by atoms with van der Waals surface area (Å²) >= 11 is 0. The Labute approximate surface area is 110 Å². The molecule has 2 N–H and O–H groups in total. The largest absolute Gasteiger partial charge is 0.287 e. The fraction of sp³-hybridized carbons (Fsp3) is 0.308. The van der Waals surface area contributed by atoms with Gasteiger partial charge in [0, 0.05) is 12.1 Å². The van der Waals surface area contributed by atoms with E-state index in [0.29, 0.717) is 12.1 Å². The second-order valence-electron chi connectivity index (χ2n) is 4.20. The van der Waals surface area contributed by atoms with Crippen molar-refractivity contribution in [3.05, 3.63) is 35.9 Å². The zero-order valence-corrected chi connectivity index (χ0v) is 10.6. The van der Waals surface area contributed by atoms with Crippen LogP contribution in [0.5, 0.6) is 0 Å². The molecular weight excluding hydrogens is 246 g/mol. The summed E-state index contributed by atoms with van der Waals surface area (Å²) in [6.07, 6.45) is 0.0712. The van der Waals surface area contributed by atoms with Gasteiger partial charge in [-0.1, -0.05) is 18.2 Å². The van der Waals surface area contributed by atoms with E-state index in [1.54, 1.807) is 31.2 Å². The van der Waals surface area contributed by atoms with E-state index in [-0.39, 0.29) is 24.1 Å². The van der Waals surface area contributed by atoms with E-state index in [9.17, 15) is 14.4 Å². The maximum absolute atomic E-state index is 11.8. The lowest BCUT2D eigenvalue weighted by Crippen LogP contribution is -2.48. The van der Waals surface area contributed by atoms with Gasteiger partial charge in [0.2, 0.25) is 11.8 Å². The number of nitrogens with zero attached hydrogens (tertiary/aromatic N) is 1. The van der Waals surface area contributed by atoms with E-state index in [1.165, 1.54) is 4.90 Å². The number of amides is 3. The summed E-state index contributed by atoms with van der Waals surface area (Å²) in [7, 11) is 0. The quantitative estimate of drug-likeness (QED) is 0.594. The van der Waals surface area contributed by atoms with E-state index in [1.807, 2.05) is 6.07 Å². The van der Waals surface area contributed by atoms with Gasteiger partial charge < -0.3 is 0 Å². The molecule has 0 bridgehead atoms. The first-order valence-corrected chi connectivity index (χ1v) is 6.08. The van der Waals surface area contributed by atoms with Crippen molar-refractivity contribution in [2.24, 2.45) is 0 Å². The molecular formula is C13H15N3O3. The molecule has 0 radical (unpaired) electrons. The Morgan fingerprint density at radius 3 is 2.58 bits per heavy atom. The van der Waals surface area contributed by atoms with Crippen molar-refractivity contribution in [2.75, 3.05) is 6.54 Å². The molecule has 6 heteroatoms. The van der Waals surface area contributed by atoms with Crippen LogP contribution in [0.25, 0.3) is 0 Å². The number of carbonyl (C=O) groups is 3. The third kappa shape index (κ3) is 2.79. The molecule has 6 nitrogen and oxygen atoms in total. The molecule has 1 atom stereocenters. The van der Waals surface area contributed by atoms with E-state index < -0.39 is 6.04 Å². The lowest BCUT2D eigenvalue weighted by atomic mass is 10.2. The van der Waals surface area contributed by atoms with Crippen LogP contribution in [0.2, 0.25) is 0 Å². The Bertz CT molecular complexity index is 501. The summed E-state index contributed by atoms with van der Waals surface area (Å²) in [5.41, 5.74) is 5.55. The Morgan fingerprint density at radius 2 is 2.00 bits per heavy atom. The number of benzene rings is 1. The first-order valence-electron chi connectivity index (χ1n) is 6.08. The molecule has 2 rings (SSSR count). The molecule has 1 saturated heterocycles. The van der Waals surface area contributed by atoms with Crippen molar-refractivity contribution in [1.29, 1.82) is 0 Å². The number of nitrogens with one attached hydrogen (secondary N) is 2. The highest BCUT2D eigenvalue weighted by molar-refractivity contribution is 6.05. The number of rotatable bonds is 4. The molecule has 1 fully saturated rings. The topological polar surface area (TPSA) is 78.5 Å². The second kappa shape index (κ2) is 5.62. The number of hydrogen-bond acceptors (Lipinski definition) is 4. The van der Waals surface area contributed by atoms with E-state index in [0.717, 1.165) is 0 Å². The van der Waals surface area contributed by atoms with Gasteiger partial charge in [-0.3, -0.25) is 24.7 Å². The zero-order chi connectivity index (χ0) is 13.8. The fourth-order valence-corrected chi connectivity index (χ4v) is 1.94. The third-order valence-corrected chi connectivity index (χ3v) is 2.96. The molecule has 3 amide bonds. The normalized spacial score (nSPS) is 18.8. The molecule has 1 aliphatic heterocycles. The van der Waals surface area contributed by atoms with Crippen molar-refractivity contribution >= 4 is 17.7 Å². The van der Waals surface area contributed by atoms with Crippen LogP contribution in [-0.4, -0.2) is 35.2 Å². The minimum absolute atomic E-state index is 0.0712. The lowest BCUT2D eigenvalue weighted by Gasteiger charge is -2.13. The van der Waals surface area contributed by atoms with Crippen molar-refractivity contribution in [3.63, 3.8) is 0 Å². The highest BCUT2D eigenvalue weighted by Crippen LogP contribution is 2.11. The first-order chi connectivity index (χ1) is 9.13. The molecule has 0 aliphatic carbocycles. The van der Waals surface area contributed by atoms with E-state index in [4.69, 9.17) is 0 Å². The Balaban J connectivity index is 1.92. The number of imide groups is 1. The van der Waals surface area contributed by atoms with Crippen molar-refractivity contribution < 1.29 is 14.4 Å². The first kappa shape index (κ1) is 13.2. The Kier molecular flexibility index (Phi) is 3.91. The van der Waals surface area contributed by atoms with E-state index in [2.05, 4.69) is 10.9 Å². The van der Waals surface area contributed by atoms with Crippen LogP contribution in [0.3, 0.4) is 0 Å². The van der Waals surface area contributed by atoms with Gasteiger partial charge in [0.25, 0.3) is 5.91 Å². The molecule has 0 spiro atoms. The van der Waals surface area contributed by atoms with Crippen molar-refractivity contribution in [2.45, 2.75) is 19.4 Å². The van der Waals surface area contributed by atoms with Crippen LogP contribution in [0.4, 0.5) is 0 Å². The predicted octanol–water partition coefficient (Wildman–Crippen LogP) is 0.0684. The summed E-state index contributed by atoms with van der Waals surface area (Å²) in [5.74, 6) is -0.865. The second-order valence-corrected chi connectivity index (χ2v) is 4.20. The number of likely N-dealkylation sites (tertiary alicyclic amines) is 1. The van der Waals surface area contributed by atoms with Gasteiger partial charge in [0.05, 0.1) is 6.42 Å². The average molecular weight is 261 g/mol. The number of carbonyl (C=O) groups excluding carboxylic acids is 3. The maximum atomic E-state index is 11.8. The van der Waals surface area contributed by atoms with Crippen LogP contribution in [-0.2, 0) is 9.59 Å². The van der Waals surface area contributed by atoms with Crippen LogP contribution >= 0.6 is 0 Å². The highest BCUT2D eigenvalue weighted by atomic mass is 16.2. The fourth-order valence-electron chi connectivity index (χ4n) is 1.94. The van der Waals surface area contributed by atoms with Gasteiger partial charge in [0.1, 0.15) is 6.04 Å². The zero-order valence-electron chi connectivity index (χ0n) is 10.6. The number of hydrazine groups is 1.